The topological polar surface area (TPSA) is 49.3 Å². The van der Waals surface area contributed by atoms with Gasteiger partial charge in [0.1, 0.15) is 11.4 Å². The molecule has 0 aliphatic rings. The number of aryl methyl sites for hydroxylation is 1. The number of benzene rings is 1. The van der Waals surface area contributed by atoms with E-state index in [1.54, 1.807) is 6.07 Å². The maximum Gasteiger partial charge on any atom is 0.251 e. The summed E-state index contributed by atoms with van der Waals surface area (Å²) < 4.78 is 12.9. The van der Waals surface area contributed by atoms with Crippen LogP contribution in [0, 0.1) is 12.7 Å². The van der Waals surface area contributed by atoms with Gasteiger partial charge in [-0.1, -0.05) is 6.07 Å². The monoisotopic (exact) mass is 239 g/mol. The molecule has 2 N–H and O–H groups in total. The zero-order valence-corrected chi connectivity index (χ0v) is 10.4. The molecule has 1 amide bonds. The average Bonchev–Trinajstić information content (AvgIpc) is 2.19. The van der Waals surface area contributed by atoms with Gasteiger partial charge in [-0.3, -0.25) is 4.79 Å². The Hall–Kier alpha value is -1.42. The molecule has 17 heavy (non-hydrogen) atoms. The predicted molar refractivity (Wildman–Crippen MR) is 64.1 cm³/mol. The number of carbonyl (C=O) groups excluding carboxylic acids is 1. The summed E-state index contributed by atoms with van der Waals surface area (Å²) in [5, 5.41) is 12.0. The molecule has 0 unspecified atom stereocenters. The van der Waals surface area contributed by atoms with Crippen LogP contribution < -0.4 is 5.32 Å². The van der Waals surface area contributed by atoms with Gasteiger partial charge in [0.25, 0.3) is 5.91 Å². The summed E-state index contributed by atoms with van der Waals surface area (Å²) in [5.41, 5.74) is 0.489. The second-order valence-corrected chi connectivity index (χ2v) is 4.64. The number of halogens is 1. The quantitative estimate of drug-likeness (QED) is 0.837. The maximum absolute atomic E-state index is 12.9. The van der Waals surface area contributed by atoms with E-state index in [9.17, 15) is 14.3 Å². The molecular formula is C13H18FNO2. The lowest BCUT2D eigenvalue weighted by atomic mass is 10.1. The molecule has 1 aromatic carbocycles. The highest BCUT2D eigenvalue weighted by Crippen LogP contribution is 2.10. The van der Waals surface area contributed by atoms with Crippen LogP contribution in [0.25, 0.3) is 0 Å². The van der Waals surface area contributed by atoms with Crippen molar-refractivity contribution in [2.75, 3.05) is 6.54 Å². The van der Waals surface area contributed by atoms with Crippen LogP contribution in [0.5, 0.6) is 0 Å². The zero-order chi connectivity index (χ0) is 13.1. The molecule has 0 saturated carbocycles. The first-order chi connectivity index (χ1) is 7.80. The summed E-state index contributed by atoms with van der Waals surface area (Å²) in [6, 6.07) is 4.58. The number of rotatable bonds is 4. The third-order valence-electron chi connectivity index (χ3n) is 2.54. The highest BCUT2D eigenvalue weighted by molar-refractivity contribution is 5.83. The molecule has 0 aliphatic heterocycles. The molecule has 0 saturated heterocycles. The Morgan fingerprint density at radius 1 is 1.47 bits per heavy atom. The molecule has 0 radical (unpaired) electrons. The Labute approximate surface area is 101 Å². The van der Waals surface area contributed by atoms with Gasteiger partial charge in [0.2, 0.25) is 0 Å². The van der Waals surface area contributed by atoms with Gasteiger partial charge in [0, 0.05) is 6.54 Å². The van der Waals surface area contributed by atoms with E-state index in [1.807, 2.05) is 6.92 Å². The molecule has 0 aliphatic carbocycles. The smallest absolute Gasteiger partial charge is 0.251 e. The van der Waals surface area contributed by atoms with E-state index >= 15 is 0 Å². The normalized spacial score (nSPS) is 11.4. The summed E-state index contributed by atoms with van der Waals surface area (Å²) in [7, 11) is 0. The Morgan fingerprint density at radius 3 is 2.65 bits per heavy atom. The largest absolute Gasteiger partial charge is 0.381 e. The first-order valence-corrected chi connectivity index (χ1v) is 5.56. The van der Waals surface area contributed by atoms with E-state index in [0.717, 1.165) is 11.1 Å². The standard InChI is InChI=1S/C13H18FNO2/c1-9-8-11(14)5-4-10(9)6-7-15-12(16)13(2,3)17/h4-5,8,17H,6-7H2,1-3H3,(H,15,16). The van der Waals surface area contributed by atoms with Gasteiger partial charge in [-0.15, -0.1) is 0 Å². The minimum Gasteiger partial charge on any atom is -0.381 e. The first-order valence-electron chi connectivity index (χ1n) is 5.56. The number of carbonyl (C=O) groups is 1. The predicted octanol–water partition coefficient (Wildman–Crippen LogP) is 1.56. The van der Waals surface area contributed by atoms with E-state index in [2.05, 4.69) is 5.32 Å². The Kier molecular flexibility index (Phi) is 4.23. The van der Waals surface area contributed by atoms with Crippen molar-refractivity contribution in [3.05, 3.63) is 35.1 Å². The summed E-state index contributed by atoms with van der Waals surface area (Å²) >= 11 is 0. The SMILES string of the molecule is Cc1cc(F)ccc1CCNC(=O)C(C)(C)O. The molecule has 4 heteroatoms. The van der Waals surface area contributed by atoms with Crippen molar-refractivity contribution in [1.29, 1.82) is 0 Å². The Balaban J connectivity index is 2.49. The highest BCUT2D eigenvalue weighted by atomic mass is 19.1. The molecular weight excluding hydrogens is 221 g/mol. The second kappa shape index (κ2) is 5.27. The van der Waals surface area contributed by atoms with Crippen molar-refractivity contribution >= 4 is 5.91 Å². The third-order valence-corrected chi connectivity index (χ3v) is 2.54. The van der Waals surface area contributed by atoms with Crippen LogP contribution in [0.15, 0.2) is 18.2 Å². The van der Waals surface area contributed by atoms with Gasteiger partial charge < -0.3 is 10.4 Å². The lowest BCUT2D eigenvalue weighted by molar-refractivity contribution is -0.136. The van der Waals surface area contributed by atoms with E-state index in [-0.39, 0.29) is 5.82 Å². The Morgan fingerprint density at radius 2 is 2.12 bits per heavy atom. The third kappa shape index (κ3) is 4.15. The maximum atomic E-state index is 12.9. The lowest BCUT2D eigenvalue weighted by Crippen LogP contribution is -2.42. The van der Waals surface area contributed by atoms with Crippen LogP contribution in [0.2, 0.25) is 0 Å². The van der Waals surface area contributed by atoms with E-state index in [4.69, 9.17) is 0 Å². The Bertz CT molecular complexity index is 410. The van der Waals surface area contributed by atoms with Crippen molar-refractivity contribution in [3.8, 4) is 0 Å². The van der Waals surface area contributed by atoms with Crippen molar-refractivity contribution in [2.45, 2.75) is 32.8 Å². The van der Waals surface area contributed by atoms with Crippen molar-refractivity contribution < 1.29 is 14.3 Å². The fourth-order valence-electron chi connectivity index (χ4n) is 1.47. The summed E-state index contributed by atoms with van der Waals surface area (Å²) in [6.07, 6.45) is 0.619. The van der Waals surface area contributed by atoms with E-state index in [0.29, 0.717) is 13.0 Å². The number of amides is 1. The molecule has 0 heterocycles. The van der Waals surface area contributed by atoms with E-state index in [1.165, 1.54) is 26.0 Å². The van der Waals surface area contributed by atoms with Gasteiger partial charge in [0.05, 0.1) is 0 Å². The molecule has 94 valence electrons. The van der Waals surface area contributed by atoms with Crippen molar-refractivity contribution in [3.63, 3.8) is 0 Å². The molecule has 0 atom stereocenters. The lowest BCUT2D eigenvalue weighted by Gasteiger charge is -2.16. The van der Waals surface area contributed by atoms with Gasteiger partial charge in [-0.2, -0.15) is 0 Å². The number of hydrogen-bond donors (Lipinski definition) is 2. The first kappa shape index (κ1) is 13.6. The van der Waals surface area contributed by atoms with Crippen molar-refractivity contribution in [1.82, 2.24) is 5.32 Å². The molecule has 0 aromatic heterocycles. The van der Waals surface area contributed by atoms with Crippen LogP contribution >= 0.6 is 0 Å². The van der Waals surface area contributed by atoms with Gasteiger partial charge in [0.15, 0.2) is 0 Å². The molecule has 0 spiro atoms. The van der Waals surface area contributed by atoms with Crippen LogP contribution in [0.3, 0.4) is 0 Å². The summed E-state index contributed by atoms with van der Waals surface area (Å²) in [4.78, 5) is 11.4. The number of aliphatic hydroxyl groups is 1. The molecule has 0 fully saturated rings. The number of hydrogen-bond acceptors (Lipinski definition) is 2. The molecule has 1 rings (SSSR count). The van der Waals surface area contributed by atoms with E-state index < -0.39 is 11.5 Å². The number of nitrogens with one attached hydrogen (secondary N) is 1. The highest BCUT2D eigenvalue weighted by Gasteiger charge is 2.22. The minimum absolute atomic E-state index is 0.258. The average molecular weight is 239 g/mol. The minimum atomic E-state index is -1.36. The van der Waals surface area contributed by atoms with Crippen LogP contribution in [-0.4, -0.2) is 23.2 Å². The van der Waals surface area contributed by atoms with Gasteiger partial charge in [-0.05, 0) is 50.5 Å². The molecule has 1 aromatic rings. The second-order valence-electron chi connectivity index (χ2n) is 4.64. The molecule has 0 bridgehead atoms. The molecule has 3 nitrogen and oxygen atoms in total. The van der Waals surface area contributed by atoms with Crippen LogP contribution in [0.1, 0.15) is 25.0 Å². The fraction of sp³-hybridized carbons (Fsp3) is 0.462. The van der Waals surface area contributed by atoms with Gasteiger partial charge >= 0.3 is 0 Å². The van der Waals surface area contributed by atoms with Gasteiger partial charge in [-0.25, -0.2) is 4.39 Å². The summed E-state index contributed by atoms with van der Waals surface area (Å²) in [6.45, 7) is 5.13. The summed E-state index contributed by atoms with van der Waals surface area (Å²) in [5.74, 6) is -0.663. The fourth-order valence-corrected chi connectivity index (χ4v) is 1.47. The zero-order valence-electron chi connectivity index (χ0n) is 10.4. The van der Waals surface area contributed by atoms with Crippen LogP contribution in [0.4, 0.5) is 4.39 Å². The van der Waals surface area contributed by atoms with Crippen molar-refractivity contribution in [2.24, 2.45) is 0 Å². The van der Waals surface area contributed by atoms with Crippen LogP contribution in [-0.2, 0) is 11.2 Å².